The quantitative estimate of drug-likeness (QED) is 0.424. The summed E-state index contributed by atoms with van der Waals surface area (Å²) < 4.78 is 13.7. The maximum atomic E-state index is 13.1. The lowest BCUT2D eigenvalue weighted by Gasteiger charge is -2.14. The maximum absolute atomic E-state index is 13.1. The predicted molar refractivity (Wildman–Crippen MR) is 124 cm³/mol. The molecule has 30 heavy (non-hydrogen) atoms. The lowest BCUT2D eigenvalue weighted by Crippen LogP contribution is -2.22. The van der Waals surface area contributed by atoms with Gasteiger partial charge in [0.15, 0.2) is 11.5 Å². The van der Waals surface area contributed by atoms with Crippen LogP contribution in [-0.2, 0) is 6.42 Å². The number of hydrogen-bond donors (Lipinski definition) is 0. The smallest absolute Gasteiger partial charge is 0.282 e. The van der Waals surface area contributed by atoms with Crippen LogP contribution in [0.4, 0.5) is 0 Å². The van der Waals surface area contributed by atoms with Gasteiger partial charge >= 0.3 is 0 Å². The molecule has 3 aromatic rings. The molecule has 0 aliphatic rings. The molecule has 0 saturated heterocycles. The fourth-order valence-corrected chi connectivity index (χ4v) is 3.41. The molecule has 3 rings (SSSR count). The Balaban J connectivity index is 2.04. The lowest BCUT2D eigenvalue weighted by molar-refractivity contribution is 0.224. The van der Waals surface area contributed by atoms with E-state index in [1.807, 2.05) is 58.0 Å². The molecule has 0 amide bonds. The Kier molecular flexibility index (Phi) is 7.26. The van der Waals surface area contributed by atoms with E-state index in [1.165, 1.54) is 4.68 Å². The Morgan fingerprint density at radius 1 is 1.17 bits per heavy atom. The minimum absolute atomic E-state index is 0.0434. The van der Waals surface area contributed by atoms with Gasteiger partial charge in [-0.1, -0.05) is 22.9 Å². The van der Waals surface area contributed by atoms with Crippen molar-refractivity contribution in [3.05, 3.63) is 62.6 Å². The minimum atomic E-state index is -0.189. The summed E-state index contributed by atoms with van der Waals surface area (Å²) in [5.74, 6) is 1.97. The van der Waals surface area contributed by atoms with Gasteiger partial charge in [0.1, 0.15) is 5.82 Å². The van der Waals surface area contributed by atoms with Crippen molar-refractivity contribution in [3.63, 3.8) is 0 Å². The molecule has 1 aromatic heterocycles. The molecule has 0 saturated carbocycles. The molecule has 0 spiro atoms. The third kappa shape index (κ3) is 5.08. The molecule has 7 heteroatoms. The molecule has 0 aliphatic heterocycles. The Labute approximate surface area is 184 Å². The molecule has 0 unspecified atom stereocenters. The zero-order valence-electron chi connectivity index (χ0n) is 17.7. The van der Waals surface area contributed by atoms with Crippen molar-refractivity contribution in [2.24, 2.45) is 5.10 Å². The number of halogens is 1. The van der Waals surface area contributed by atoms with Crippen LogP contribution in [0.25, 0.3) is 10.9 Å². The fraction of sp³-hybridized carbons (Fsp3) is 0.348. The Bertz CT molecular complexity index is 1120. The van der Waals surface area contributed by atoms with Crippen LogP contribution in [0.5, 0.6) is 11.5 Å². The summed E-state index contributed by atoms with van der Waals surface area (Å²) in [4.78, 5) is 17.7. The zero-order valence-corrected chi connectivity index (χ0v) is 19.3. The number of nitrogens with zero attached hydrogens (tertiary/aromatic N) is 3. The van der Waals surface area contributed by atoms with Gasteiger partial charge in [-0.3, -0.25) is 4.79 Å². The van der Waals surface area contributed by atoms with Crippen molar-refractivity contribution < 1.29 is 9.47 Å². The number of rotatable bonds is 8. The number of fused-ring (bicyclic) bond motifs is 1. The predicted octanol–water partition coefficient (Wildman–Crippen LogP) is 5.18. The third-order valence-electron chi connectivity index (χ3n) is 4.30. The van der Waals surface area contributed by atoms with Crippen LogP contribution in [0.3, 0.4) is 0 Å². The first-order valence-electron chi connectivity index (χ1n) is 10.1. The molecule has 158 valence electrons. The van der Waals surface area contributed by atoms with E-state index in [4.69, 9.17) is 9.47 Å². The first-order valence-corrected chi connectivity index (χ1v) is 10.9. The second-order valence-electron chi connectivity index (χ2n) is 7.11. The average molecular weight is 472 g/mol. The van der Waals surface area contributed by atoms with Crippen molar-refractivity contribution in [1.29, 1.82) is 0 Å². The maximum Gasteiger partial charge on any atom is 0.282 e. The van der Waals surface area contributed by atoms with Crippen molar-refractivity contribution in [2.45, 2.75) is 46.6 Å². The van der Waals surface area contributed by atoms with Gasteiger partial charge in [0.2, 0.25) is 0 Å². The molecule has 0 bridgehead atoms. The van der Waals surface area contributed by atoms with Gasteiger partial charge in [0.05, 0.1) is 29.8 Å². The summed E-state index contributed by atoms with van der Waals surface area (Å²) in [6, 6.07) is 11.1. The van der Waals surface area contributed by atoms with E-state index in [2.05, 4.69) is 26.0 Å². The Hall–Kier alpha value is -2.67. The standard InChI is InChI=1S/C23H26BrN3O3/c1-5-7-22-26-19-10-9-17(24)13-18(19)23(28)27(22)25-14-16-8-11-20(30-15(3)4)21(12-16)29-6-2/h8-15H,5-7H2,1-4H3. The van der Waals surface area contributed by atoms with Crippen LogP contribution in [0.2, 0.25) is 0 Å². The number of benzene rings is 2. The highest BCUT2D eigenvalue weighted by atomic mass is 79.9. The number of hydrogen-bond acceptors (Lipinski definition) is 5. The second kappa shape index (κ2) is 9.89. The highest BCUT2D eigenvalue weighted by molar-refractivity contribution is 9.10. The molecule has 0 radical (unpaired) electrons. The highest BCUT2D eigenvalue weighted by Crippen LogP contribution is 2.29. The molecule has 0 atom stereocenters. The van der Waals surface area contributed by atoms with Crippen LogP contribution < -0.4 is 15.0 Å². The molecule has 0 aliphatic carbocycles. The Morgan fingerprint density at radius 2 is 1.97 bits per heavy atom. The van der Waals surface area contributed by atoms with Crippen LogP contribution >= 0.6 is 15.9 Å². The third-order valence-corrected chi connectivity index (χ3v) is 4.79. The van der Waals surface area contributed by atoms with Gasteiger partial charge in [-0.25, -0.2) is 4.98 Å². The summed E-state index contributed by atoms with van der Waals surface area (Å²) in [6.07, 6.45) is 3.21. The van der Waals surface area contributed by atoms with Crippen molar-refractivity contribution in [1.82, 2.24) is 9.66 Å². The summed E-state index contributed by atoms with van der Waals surface area (Å²) in [5, 5.41) is 5.00. The van der Waals surface area contributed by atoms with Crippen molar-refractivity contribution in [2.75, 3.05) is 6.61 Å². The fourth-order valence-electron chi connectivity index (χ4n) is 3.05. The van der Waals surface area contributed by atoms with Gasteiger partial charge in [-0.2, -0.15) is 9.78 Å². The normalized spacial score (nSPS) is 11.5. The van der Waals surface area contributed by atoms with Gasteiger partial charge in [0, 0.05) is 10.9 Å². The van der Waals surface area contributed by atoms with E-state index < -0.39 is 0 Å². The molecular weight excluding hydrogens is 446 g/mol. The zero-order chi connectivity index (χ0) is 21.7. The summed E-state index contributed by atoms with van der Waals surface area (Å²) in [6.45, 7) is 8.44. The number of aromatic nitrogens is 2. The molecular formula is C23H26BrN3O3. The highest BCUT2D eigenvalue weighted by Gasteiger charge is 2.11. The molecule has 1 heterocycles. The van der Waals surface area contributed by atoms with Crippen molar-refractivity contribution in [3.8, 4) is 11.5 Å². The largest absolute Gasteiger partial charge is 0.490 e. The molecule has 0 N–H and O–H groups in total. The first-order chi connectivity index (χ1) is 14.4. The summed E-state index contributed by atoms with van der Waals surface area (Å²) >= 11 is 3.42. The van der Waals surface area contributed by atoms with Gasteiger partial charge < -0.3 is 9.47 Å². The van der Waals surface area contributed by atoms with E-state index in [0.717, 1.165) is 16.5 Å². The van der Waals surface area contributed by atoms with Crippen LogP contribution in [0.1, 0.15) is 45.5 Å². The van der Waals surface area contributed by atoms with Crippen molar-refractivity contribution >= 4 is 33.0 Å². The lowest BCUT2D eigenvalue weighted by atomic mass is 10.2. The Morgan fingerprint density at radius 3 is 2.67 bits per heavy atom. The van der Waals surface area contributed by atoms with Gasteiger partial charge in [0.25, 0.3) is 5.56 Å². The summed E-state index contributed by atoms with van der Waals surface area (Å²) in [7, 11) is 0. The number of ether oxygens (including phenoxy) is 2. The monoisotopic (exact) mass is 471 g/mol. The average Bonchev–Trinajstić information content (AvgIpc) is 2.70. The molecule has 2 aromatic carbocycles. The minimum Gasteiger partial charge on any atom is -0.490 e. The SMILES string of the molecule is CCCc1nc2ccc(Br)cc2c(=O)n1N=Cc1ccc(OC(C)C)c(OCC)c1. The van der Waals surface area contributed by atoms with Crippen LogP contribution in [0.15, 0.2) is 50.8 Å². The number of aryl methyl sites for hydroxylation is 1. The van der Waals surface area contributed by atoms with Crippen LogP contribution in [0, 0.1) is 0 Å². The second-order valence-corrected chi connectivity index (χ2v) is 8.02. The van der Waals surface area contributed by atoms with E-state index in [-0.39, 0.29) is 11.7 Å². The first kappa shape index (κ1) is 22.0. The molecule has 0 fully saturated rings. The van der Waals surface area contributed by atoms with E-state index in [9.17, 15) is 4.79 Å². The van der Waals surface area contributed by atoms with Gasteiger partial charge in [-0.15, -0.1) is 0 Å². The summed E-state index contributed by atoms with van der Waals surface area (Å²) in [5.41, 5.74) is 1.29. The van der Waals surface area contributed by atoms with E-state index in [0.29, 0.717) is 41.3 Å². The van der Waals surface area contributed by atoms with Crippen LogP contribution in [-0.4, -0.2) is 28.6 Å². The molecule has 6 nitrogen and oxygen atoms in total. The van der Waals surface area contributed by atoms with Gasteiger partial charge in [-0.05, 0) is 69.2 Å². The topological polar surface area (TPSA) is 65.7 Å². The van der Waals surface area contributed by atoms with E-state index >= 15 is 0 Å². The van der Waals surface area contributed by atoms with E-state index in [1.54, 1.807) is 12.3 Å².